The van der Waals surface area contributed by atoms with Gasteiger partial charge in [-0.2, -0.15) is 0 Å². The largest absolute Gasteiger partial charge is 0.481 e. The summed E-state index contributed by atoms with van der Waals surface area (Å²) in [7, 11) is 0. The van der Waals surface area contributed by atoms with Crippen LogP contribution in [-0.4, -0.2) is 22.2 Å². The van der Waals surface area contributed by atoms with Crippen LogP contribution in [0.2, 0.25) is 0 Å². The molecule has 0 aromatic heterocycles. The van der Waals surface area contributed by atoms with E-state index < -0.39 is 23.8 Å². The van der Waals surface area contributed by atoms with E-state index in [0.717, 1.165) is 12.8 Å². The number of fused-ring (bicyclic) bond motifs is 2. The monoisotopic (exact) mass is 196 g/mol. The summed E-state index contributed by atoms with van der Waals surface area (Å²) in [5, 5.41) is 18.0. The van der Waals surface area contributed by atoms with Gasteiger partial charge in [0.05, 0.1) is 11.8 Å². The molecule has 0 radical (unpaired) electrons. The topological polar surface area (TPSA) is 74.6 Å². The maximum atomic E-state index is 11.0. The summed E-state index contributed by atoms with van der Waals surface area (Å²) < 4.78 is 0. The molecule has 0 unspecified atom stereocenters. The molecule has 3 aliphatic carbocycles. The highest BCUT2D eigenvalue weighted by Gasteiger charge is 2.48. The number of allylic oxidation sites excluding steroid dienone is 2. The van der Waals surface area contributed by atoms with E-state index in [1.807, 2.05) is 12.2 Å². The molecule has 3 aliphatic rings. The number of hydrogen-bond acceptors (Lipinski definition) is 2. The van der Waals surface area contributed by atoms with Gasteiger partial charge in [-0.15, -0.1) is 0 Å². The number of carboxylic acids is 2. The molecule has 14 heavy (non-hydrogen) atoms. The van der Waals surface area contributed by atoms with Gasteiger partial charge in [0.2, 0.25) is 0 Å². The number of carboxylic acid groups (broad SMARTS) is 2. The molecule has 4 nitrogen and oxygen atoms in total. The predicted molar refractivity (Wildman–Crippen MR) is 47.6 cm³/mol. The molecular formula is C10H12O4. The smallest absolute Gasteiger partial charge is 0.307 e. The minimum absolute atomic E-state index is 0.0846. The summed E-state index contributed by atoms with van der Waals surface area (Å²) in [6, 6.07) is 0. The van der Waals surface area contributed by atoms with Crippen LogP contribution in [0.15, 0.2) is 12.2 Å². The van der Waals surface area contributed by atoms with Crippen LogP contribution in [0.25, 0.3) is 0 Å². The van der Waals surface area contributed by atoms with E-state index in [1.165, 1.54) is 0 Å². The van der Waals surface area contributed by atoms with Crippen molar-refractivity contribution in [3.63, 3.8) is 0 Å². The van der Waals surface area contributed by atoms with Crippen LogP contribution >= 0.6 is 0 Å². The predicted octanol–water partition coefficient (Wildman–Crippen LogP) is 0.984. The fourth-order valence-electron chi connectivity index (χ4n) is 2.67. The van der Waals surface area contributed by atoms with Gasteiger partial charge in [0.25, 0.3) is 0 Å². The van der Waals surface area contributed by atoms with Gasteiger partial charge in [0.1, 0.15) is 0 Å². The zero-order valence-electron chi connectivity index (χ0n) is 7.59. The molecule has 0 aliphatic heterocycles. The van der Waals surface area contributed by atoms with E-state index in [2.05, 4.69) is 0 Å². The molecule has 3 rings (SSSR count). The summed E-state index contributed by atoms with van der Waals surface area (Å²) in [5.41, 5.74) is 0. The molecule has 76 valence electrons. The lowest BCUT2D eigenvalue weighted by atomic mass is 9.62. The zero-order valence-corrected chi connectivity index (χ0v) is 7.59. The Kier molecular flexibility index (Phi) is 2.06. The summed E-state index contributed by atoms with van der Waals surface area (Å²) in [5.74, 6) is -3.57. The van der Waals surface area contributed by atoms with Crippen LogP contribution in [0, 0.1) is 23.7 Å². The molecule has 2 bridgehead atoms. The van der Waals surface area contributed by atoms with E-state index >= 15 is 0 Å². The van der Waals surface area contributed by atoms with Crippen molar-refractivity contribution in [3.8, 4) is 0 Å². The molecular weight excluding hydrogens is 184 g/mol. The van der Waals surface area contributed by atoms with Gasteiger partial charge in [-0.1, -0.05) is 12.2 Å². The lowest BCUT2D eigenvalue weighted by molar-refractivity contribution is -0.160. The van der Waals surface area contributed by atoms with Crippen LogP contribution in [0.1, 0.15) is 12.8 Å². The van der Waals surface area contributed by atoms with Crippen molar-refractivity contribution in [2.24, 2.45) is 23.7 Å². The minimum Gasteiger partial charge on any atom is -0.481 e. The molecule has 1 saturated carbocycles. The highest BCUT2D eigenvalue weighted by Crippen LogP contribution is 2.44. The Labute approximate surface area is 81.2 Å². The SMILES string of the molecule is O=C(O)[C@H]1[C@H](C(=O)O)[C@H]2C=C[C@H]1CC2. The normalized spacial score (nSPS) is 39.7. The number of hydrogen-bond donors (Lipinski definition) is 2. The Morgan fingerprint density at radius 1 is 0.929 bits per heavy atom. The molecule has 4 atom stereocenters. The van der Waals surface area contributed by atoms with Gasteiger partial charge in [-0.3, -0.25) is 9.59 Å². The Morgan fingerprint density at radius 3 is 1.50 bits per heavy atom. The zero-order chi connectivity index (χ0) is 10.3. The van der Waals surface area contributed by atoms with E-state index in [4.69, 9.17) is 10.2 Å². The maximum Gasteiger partial charge on any atom is 0.307 e. The van der Waals surface area contributed by atoms with Crippen LogP contribution in [0.3, 0.4) is 0 Å². The summed E-state index contributed by atoms with van der Waals surface area (Å²) >= 11 is 0. The van der Waals surface area contributed by atoms with Crippen molar-refractivity contribution < 1.29 is 19.8 Å². The van der Waals surface area contributed by atoms with Gasteiger partial charge in [-0.25, -0.2) is 0 Å². The quantitative estimate of drug-likeness (QED) is 0.646. The van der Waals surface area contributed by atoms with Crippen LogP contribution < -0.4 is 0 Å². The lowest BCUT2D eigenvalue weighted by Crippen LogP contribution is -2.45. The van der Waals surface area contributed by atoms with Gasteiger partial charge in [0.15, 0.2) is 0 Å². The molecule has 0 heterocycles. The van der Waals surface area contributed by atoms with Gasteiger partial charge < -0.3 is 10.2 Å². The van der Waals surface area contributed by atoms with E-state index in [1.54, 1.807) is 0 Å². The number of rotatable bonds is 2. The molecule has 0 saturated heterocycles. The van der Waals surface area contributed by atoms with Crippen molar-refractivity contribution in [2.75, 3.05) is 0 Å². The first-order valence-corrected chi connectivity index (χ1v) is 4.75. The summed E-state index contributed by atoms with van der Waals surface area (Å²) in [6.45, 7) is 0. The van der Waals surface area contributed by atoms with Crippen molar-refractivity contribution in [1.29, 1.82) is 0 Å². The van der Waals surface area contributed by atoms with Crippen LogP contribution in [-0.2, 0) is 9.59 Å². The third-order valence-electron chi connectivity index (χ3n) is 3.32. The fourth-order valence-corrected chi connectivity index (χ4v) is 2.67. The second kappa shape index (κ2) is 3.12. The molecule has 2 N–H and O–H groups in total. The maximum absolute atomic E-state index is 11.0. The summed E-state index contributed by atoms with van der Waals surface area (Å²) in [6.07, 6.45) is 5.35. The van der Waals surface area contributed by atoms with E-state index in [9.17, 15) is 9.59 Å². The third kappa shape index (κ3) is 1.22. The van der Waals surface area contributed by atoms with Gasteiger partial charge in [0, 0.05) is 0 Å². The highest BCUT2D eigenvalue weighted by molar-refractivity contribution is 5.81. The summed E-state index contributed by atoms with van der Waals surface area (Å²) in [4.78, 5) is 21.9. The number of aliphatic carboxylic acids is 2. The van der Waals surface area contributed by atoms with Gasteiger partial charge >= 0.3 is 11.9 Å². The minimum atomic E-state index is -0.976. The molecule has 0 spiro atoms. The first kappa shape index (κ1) is 9.24. The van der Waals surface area contributed by atoms with Gasteiger partial charge in [-0.05, 0) is 24.7 Å². The first-order valence-electron chi connectivity index (χ1n) is 4.75. The van der Waals surface area contributed by atoms with Crippen molar-refractivity contribution in [3.05, 3.63) is 12.2 Å². The first-order chi connectivity index (χ1) is 6.61. The van der Waals surface area contributed by atoms with Crippen LogP contribution in [0.5, 0.6) is 0 Å². The Hall–Kier alpha value is -1.32. The average molecular weight is 196 g/mol. The molecule has 0 amide bonds. The van der Waals surface area contributed by atoms with Crippen molar-refractivity contribution >= 4 is 11.9 Å². The average Bonchev–Trinajstić information content (AvgIpc) is 2.17. The van der Waals surface area contributed by atoms with E-state index in [-0.39, 0.29) is 11.8 Å². The molecule has 0 aromatic carbocycles. The van der Waals surface area contributed by atoms with Crippen molar-refractivity contribution in [2.45, 2.75) is 12.8 Å². The highest BCUT2D eigenvalue weighted by atomic mass is 16.4. The van der Waals surface area contributed by atoms with Crippen LogP contribution in [0.4, 0.5) is 0 Å². The molecule has 1 fully saturated rings. The Balaban J connectivity index is 2.33. The molecule has 4 heteroatoms. The second-order valence-corrected chi connectivity index (χ2v) is 4.02. The molecule has 0 aromatic rings. The Morgan fingerprint density at radius 2 is 1.29 bits per heavy atom. The fraction of sp³-hybridized carbons (Fsp3) is 0.600. The lowest BCUT2D eigenvalue weighted by Gasteiger charge is -2.40. The standard InChI is InChI=1S/C10H12O4/c11-9(12)7-5-1-2-6(4-3-5)8(7)10(13)14/h1-2,5-8H,3-4H2,(H,11,12)(H,13,14)/t5-,6-,7+,8+/m0/s1. The second-order valence-electron chi connectivity index (χ2n) is 4.02. The third-order valence-corrected chi connectivity index (χ3v) is 3.32. The Bertz CT molecular complexity index is 277. The number of carbonyl (C=O) groups is 2. The van der Waals surface area contributed by atoms with Crippen molar-refractivity contribution in [1.82, 2.24) is 0 Å². The van der Waals surface area contributed by atoms with E-state index in [0.29, 0.717) is 0 Å².